The minimum atomic E-state index is -0.331. The van der Waals surface area contributed by atoms with Crippen molar-refractivity contribution in [2.24, 2.45) is 0 Å². The molecule has 7 heteroatoms. The van der Waals surface area contributed by atoms with Crippen LogP contribution in [0, 0.1) is 0 Å². The second-order valence-corrected chi connectivity index (χ2v) is 4.87. The number of aromatic amines is 1. The van der Waals surface area contributed by atoms with E-state index in [9.17, 15) is 4.79 Å². The maximum atomic E-state index is 11.6. The highest BCUT2D eigenvalue weighted by molar-refractivity contribution is 5.53. The van der Waals surface area contributed by atoms with Crippen molar-refractivity contribution in [2.75, 3.05) is 10.6 Å². The van der Waals surface area contributed by atoms with Gasteiger partial charge < -0.3 is 10.6 Å². The third-order valence-electron chi connectivity index (χ3n) is 3.54. The first-order valence-electron chi connectivity index (χ1n) is 6.27. The Bertz CT molecular complexity index is 865. The molecular weight excluding hydrogens is 256 g/mol. The summed E-state index contributed by atoms with van der Waals surface area (Å²) in [5.41, 5.74) is 9.19. The van der Waals surface area contributed by atoms with Crippen molar-refractivity contribution in [3.63, 3.8) is 0 Å². The number of hydrogen-bond acceptors (Lipinski definition) is 5. The lowest BCUT2D eigenvalue weighted by atomic mass is 10.1. The van der Waals surface area contributed by atoms with Gasteiger partial charge in [-0.1, -0.05) is 6.07 Å². The molecule has 1 aliphatic rings. The quantitative estimate of drug-likeness (QED) is 0.628. The largest absolute Gasteiger partial charge is 0.399 e. The summed E-state index contributed by atoms with van der Waals surface area (Å²) in [5, 5.41) is 10.6. The normalized spacial score (nSPS) is 13.9. The molecule has 1 aliphatic heterocycles. The predicted octanol–water partition coefficient (Wildman–Crippen LogP) is 0.520. The molecule has 0 aliphatic carbocycles. The van der Waals surface area contributed by atoms with E-state index in [1.807, 2.05) is 24.3 Å². The molecule has 0 saturated heterocycles. The number of anilines is 2. The number of benzene rings is 1. The van der Waals surface area contributed by atoms with E-state index in [0.29, 0.717) is 5.65 Å². The van der Waals surface area contributed by atoms with Gasteiger partial charge in [-0.2, -0.15) is 9.61 Å². The number of H-pyrrole nitrogens is 1. The molecule has 20 heavy (non-hydrogen) atoms. The van der Waals surface area contributed by atoms with Crippen LogP contribution in [0.1, 0.15) is 11.1 Å². The zero-order valence-corrected chi connectivity index (χ0v) is 10.6. The van der Waals surface area contributed by atoms with Crippen LogP contribution in [0.4, 0.5) is 11.5 Å². The van der Waals surface area contributed by atoms with Gasteiger partial charge in [0.05, 0.1) is 0 Å². The lowest BCUT2D eigenvalue weighted by Crippen LogP contribution is -2.20. The summed E-state index contributed by atoms with van der Waals surface area (Å²) in [6.45, 7) is 1.51. The van der Waals surface area contributed by atoms with Gasteiger partial charge in [0.1, 0.15) is 5.82 Å². The lowest BCUT2D eigenvalue weighted by Gasteiger charge is -2.15. The molecule has 3 N–H and O–H groups in total. The van der Waals surface area contributed by atoms with Gasteiger partial charge in [-0.25, -0.2) is 9.89 Å². The van der Waals surface area contributed by atoms with E-state index >= 15 is 0 Å². The van der Waals surface area contributed by atoms with Crippen molar-refractivity contribution in [2.45, 2.75) is 13.1 Å². The Hall–Kier alpha value is -2.83. The summed E-state index contributed by atoms with van der Waals surface area (Å²) in [5.74, 6) is 0.746. The average Bonchev–Trinajstić information content (AvgIpc) is 3.02. The van der Waals surface area contributed by atoms with Crippen LogP contribution in [0.3, 0.4) is 0 Å². The molecular formula is C13H12N6O. The van der Waals surface area contributed by atoms with Gasteiger partial charge in [-0.3, -0.25) is 0 Å². The van der Waals surface area contributed by atoms with Crippen LogP contribution in [0.2, 0.25) is 0 Å². The number of nitrogen functional groups attached to an aromatic ring is 1. The Kier molecular flexibility index (Phi) is 2.11. The number of aromatic nitrogens is 4. The van der Waals surface area contributed by atoms with E-state index in [4.69, 9.17) is 5.73 Å². The van der Waals surface area contributed by atoms with E-state index in [0.717, 1.165) is 24.6 Å². The Balaban J connectivity index is 1.74. The average molecular weight is 268 g/mol. The van der Waals surface area contributed by atoms with Crippen molar-refractivity contribution in [1.29, 1.82) is 0 Å². The molecule has 0 amide bonds. The van der Waals surface area contributed by atoms with Gasteiger partial charge in [-0.15, -0.1) is 5.10 Å². The Morgan fingerprint density at radius 3 is 2.90 bits per heavy atom. The first-order valence-corrected chi connectivity index (χ1v) is 6.27. The molecule has 3 heterocycles. The molecule has 2 aromatic heterocycles. The smallest absolute Gasteiger partial charge is 0.364 e. The topological polar surface area (TPSA) is 92.3 Å². The summed E-state index contributed by atoms with van der Waals surface area (Å²) in [6.07, 6.45) is 0. The van der Waals surface area contributed by atoms with E-state index in [2.05, 4.69) is 20.2 Å². The Morgan fingerprint density at radius 1 is 1.15 bits per heavy atom. The molecule has 0 bridgehead atoms. The molecule has 1 aromatic carbocycles. The molecule has 7 nitrogen and oxygen atoms in total. The fourth-order valence-electron chi connectivity index (χ4n) is 2.54. The van der Waals surface area contributed by atoms with Gasteiger partial charge >= 0.3 is 5.69 Å². The molecule has 100 valence electrons. The summed E-state index contributed by atoms with van der Waals surface area (Å²) in [7, 11) is 0. The van der Waals surface area contributed by atoms with E-state index in [1.54, 1.807) is 6.07 Å². The Labute approximate surface area is 113 Å². The van der Waals surface area contributed by atoms with Crippen LogP contribution in [0.25, 0.3) is 5.65 Å². The first kappa shape index (κ1) is 11.0. The van der Waals surface area contributed by atoms with Gasteiger partial charge in [-0.05, 0) is 35.4 Å². The van der Waals surface area contributed by atoms with Gasteiger partial charge in [0.15, 0.2) is 5.65 Å². The van der Waals surface area contributed by atoms with Crippen LogP contribution in [-0.2, 0) is 13.1 Å². The summed E-state index contributed by atoms with van der Waals surface area (Å²) in [4.78, 5) is 13.7. The molecule has 0 unspecified atom stereocenters. The maximum Gasteiger partial charge on any atom is 0.364 e. The zero-order chi connectivity index (χ0) is 13.7. The van der Waals surface area contributed by atoms with Crippen molar-refractivity contribution < 1.29 is 0 Å². The highest BCUT2D eigenvalue weighted by Gasteiger charge is 2.20. The van der Waals surface area contributed by atoms with Crippen LogP contribution in [0.15, 0.2) is 35.1 Å². The second-order valence-electron chi connectivity index (χ2n) is 4.87. The van der Waals surface area contributed by atoms with Gasteiger partial charge in [0.25, 0.3) is 0 Å². The zero-order valence-electron chi connectivity index (χ0n) is 10.6. The highest BCUT2D eigenvalue weighted by atomic mass is 16.2. The fourth-order valence-corrected chi connectivity index (χ4v) is 2.54. The number of nitrogens with one attached hydrogen (secondary N) is 1. The molecule has 3 aromatic rings. The van der Waals surface area contributed by atoms with Crippen molar-refractivity contribution in [3.8, 4) is 0 Å². The monoisotopic (exact) mass is 268 g/mol. The number of nitrogens with zero attached hydrogens (tertiary/aromatic N) is 4. The third kappa shape index (κ3) is 1.56. The molecule has 0 atom stereocenters. The highest BCUT2D eigenvalue weighted by Crippen LogP contribution is 2.28. The molecule has 0 spiro atoms. The van der Waals surface area contributed by atoms with Gasteiger partial charge in [0.2, 0.25) is 0 Å². The second kappa shape index (κ2) is 3.83. The number of fused-ring (bicyclic) bond motifs is 2. The minimum absolute atomic E-state index is 0.331. The molecule has 0 fully saturated rings. The van der Waals surface area contributed by atoms with E-state index in [1.165, 1.54) is 15.6 Å². The molecule has 4 rings (SSSR count). The minimum Gasteiger partial charge on any atom is -0.399 e. The van der Waals surface area contributed by atoms with Crippen molar-refractivity contribution in [1.82, 2.24) is 19.8 Å². The first-order chi connectivity index (χ1) is 9.70. The van der Waals surface area contributed by atoms with E-state index in [-0.39, 0.29) is 5.69 Å². The van der Waals surface area contributed by atoms with Crippen molar-refractivity contribution in [3.05, 3.63) is 51.9 Å². The standard InChI is InChI=1S/C13H12N6O/c14-10-2-1-8-6-18(7-9(8)5-10)12-4-3-11-15-16-13(20)19(11)17-12/h1-5H,6-7,14H2,(H,16,20). The van der Waals surface area contributed by atoms with Crippen LogP contribution >= 0.6 is 0 Å². The Morgan fingerprint density at radius 2 is 2.00 bits per heavy atom. The number of nitrogens with two attached hydrogens (primary N) is 1. The molecule has 0 saturated carbocycles. The van der Waals surface area contributed by atoms with Crippen LogP contribution in [0.5, 0.6) is 0 Å². The van der Waals surface area contributed by atoms with Crippen molar-refractivity contribution >= 4 is 17.2 Å². The maximum absolute atomic E-state index is 11.6. The SMILES string of the molecule is Nc1ccc2c(c1)CN(c1ccc3n[nH]c(=O)n3n1)C2. The lowest BCUT2D eigenvalue weighted by molar-refractivity contribution is 0.798. The summed E-state index contributed by atoms with van der Waals surface area (Å²) < 4.78 is 1.27. The summed E-state index contributed by atoms with van der Waals surface area (Å²) >= 11 is 0. The van der Waals surface area contributed by atoms with Crippen LogP contribution in [-0.4, -0.2) is 19.8 Å². The fraction of sp³-hybridized carbons (Fsp3) is 0.154. The molecule has 0 radical (unpaired) electrons. The van der Waals surface area contributed by atoms with E-state index < -0.39 is 0 Å². The number of hydrogen-bond donors (Lipinski definition) is 2. The van der Waals surface area contributed by atoms with Crippen LogP contribution < -0.4 is 16.3 Å². The third-order valence-corrected chi connectivity index (χ3v) is 3.54. The predicted molar refractivity (Wildman–Crippen MR) is 74.3 cm³/mol. The summed E-state index contributed by atoms with van der Waals surface area (Å²) in [6, 6.07) is 9.56. The van der Waals surface area contributed by atoms with Gasteiger partial charge in [0, 0.05) is 18.8 Å². The number of rotatable bonds is 1.